The Kier molecular flexibility index (Phi) is 5.83. The SMILES string of the molecule is C[C@@H](NCC(O)COC1CCCC1)c1ccccc1. The molecule has 2 N–H and O–H groups in total. The molecule has 3 nitrogen and oxygen atoms in total. The second-order valence-electron chi connectivity index (χ2n) is 5.43. The smallest absolute Gasteiger partial charge is 0.0898 e. The van der Waals surface area contributed by atoms with Crippen LogP contribution in [0.5, 0.6) is 0 Å². The van der Waals surface area contributed by atoms with Gasteiger partial charge in [-0.2, -0.15) is 0 Å². The highest BCUT2D eigenvalue weighted by Crippen LogP contribution is 2.20. The van der Waals surface area contributed by atoms with E-state index in [-0.39, 0.29) is 6.04 Å². The van der Waals surface area contributed by atoms with Gasteiger partial charge in [-0.1, -0.05) is 43.2 Å². The van der Waals surface area contributed by atoms with Crippen molar-refractivity contribution in [3.05, 3.63) is 35.9 Å². The molecule has 1 aliphatic carbocycles. The van der Waals surface area contributed by atoms with E-state index in [0.29, 0.717) is 19.3 Å². The lowest BCUT2D eigenvalue weighted by Gasteiger charge is -2.19. The van der Waals surface area contributed by atoms with Gasteiger partial charge in [-0.3, -0.25) is 0 Å². The van der Waals surface area contributed by atoms with Gasteiger partial charge in [-0.05, 0) is 25.3 Å². The zero-order valence-corrected chi connectivity index (χ0v) is 11.7. The van der Waals surface area contributed by atoms with E-state index in [4.69, 9.17) is 4.74 Å². The zero-order valence-electron chi connectivity index (χ0n) is 11.7. The minimum absolute atomic E-state index is 0.252. The molecular weight excluding hydrogens is 238 g/mol. The first-order valence-electron chi connectivity index (χ1n) is 7.33. The average molecular weight is 263 g/mol. The van der Waals surface area contributed by atoms with E-state index in [1.54, 1.807) is 0 Å². The Morgan fingerprint density at radius 1 is 1.26 bits per heavy atom. The summed E-state index contributed by atoms with van der Waals surface area (Å²) in [5.74, 6) is 0. The van der Waals surface area contributed by atoms with Gasteiger partial charge in [-0.25, -0.2) is 0 Å². The highest BCUT2D eigenvalue weighted by atomic mass is 16.5. The van der Waals surface area contributed by atoms with Crippen molar-refractivity contribution in [2.75, 3.05) is 13.2 Å². The lowest BCUT2D eigenvalue weighted by molar-refractivity contribution is -0.00610. The molecule has 0 aliphatic heterocycles. The summed E-state index contributed by atoms with van der Waals surface area (Å²) in [6, 6.07) is 10.5. The van der Waals surface area contributed by atoms with Crippen LogP contribution in [0.2, 0.25) is 0 Å². The van der Waals surface area contributed by atoms with Gasteiger partial charge in [0, 0.05) is 12.6 Å². The van der Waals surface area contributed by atoms with Crippen LogP contribution in [0.4, 0.5) is 0 Å². The van der Waals surface area contributed by atoms with E-state index < -0.39 is 6.10 Å². The number of benzene rings is 1. The largest absolute Gasteiger partial charge is 0.389 e. The molecule has 1 aromatic rings. The molecule has 0 aromatic heterocycles. The molecular formula is C16H25NO2. The molecule has 3 heteroatoms. The summed E-state index contributed by atoms with van der Waals surface area (Å²) >= 11 is 0. The van der Waals surface area contributed by atoms with Crippen LogP contribution in [0.1, 0.15) is 44.2 Å². The van der Waals surface area contributed by atoms with E-state index in [9.17, 15) is 5.11 Å². The van der Waals surface area contributed by atoms with Gasteiger partial charge >= 0.3 is 0 Å². The normalized spacial score (nSPS) is 19.5. The van der Waals surface area contributed by atoms with Crippen LogP contribution >= 0.6 is 0 Å². The molecule has 0 saturated heterocycles. The minimum Gasteiger partial charge on any atom is -0.389 e. The molecule has 0 spiro atoms. The van der Waals surface area contributed by atoms with E-state index >= 15 is 0 Å². The summed E-state index contributed by atoms with van der Waals surface area (Å²) < 4.78 is 5.71. The van der Waals surface area contributed by atoms with Crippen LogP contribution < -0.4 is 5.32 Å². The van der Waals surface area contributed by atoms with Gasteiger partial charge in [-0.15, -0.1) is 0 Å². The Bertz CT molecular complexity index is 349. The molecule has 1 saturated carbocycles. The van der Waals surface area contributed by atoms with Gasteiger partial charge in [0.05, 0.1) is 18.8 Å². The number of nitrogens with one attached hydrogen (secondary N) is 1. The first-order chi connectivity index (χ1) is 9.25. The van der Waals surface area contributed by atoms with Gasteiger partial charge in [0.1, 0.15) is 0 Å². The summed E-state index contributed by atoms with van der Waals surface area (Å²) in [5, 5.41) is 13.3. The van der Waals surface area contributed by atoms with Crippen molar-refractivity contribution in [2.24, 2.45) is 0 Å². The van der Waals surface area contributed by atoms with Crippen molar-refractivity contribution in [2.45, 2.75) is 50.9 Å². The molecule has 1 fully saturated rings. The standard InChI is InChI=1S/C16H25NO2/c1-13(14-7-3-2-4-8-14)17-11-15(18)12-19-16-9-5-6-10-16/h2-4,7-8,13,15-18H,5-6,9-12H2,1H3/t13-,15?/m1/s1. The van der Waals surface area contributed by atoms with E-state index in [2.05, 4.69) is 24.4 Å². The molecule has 106 valence electrons. The van der Waals surface area contributed by atoms with Crippen LogP contribution in [0.3, 0.4) is 0 Å². The molecule has 0 heterocycles. The second kappa shape index (κ2) is 7.63. The number of aliphatic hydroxyl groups excluding tert-OH is 1. The Labute approximate surface area is 116 Å². The van der Waals surface area contributed by atoms with Crippen LogP contribution in [0.25, 0.3) is 0 Å². The number of hydrogen-bond donors (Lipinski definition) is 2. The fraction of sp³-hybridized carbons (Fsp3) is 0.625. The third kappa shape index (κ3) is 4.94. The first kappa shape index (κ1) is 14.5. The van der Waals surface area contributed by atoms with Crippen LogP contribution in [0, 0.1) is 0 Å². The monoisotopic (exact) mass is 263 g/mol. The molecule has 0 amide bonds. The number of ether oxygens (including phenoxy) is 1. The van der Waals surface area contributed by atoms with E-state index in [0.717, 1.165) is 12.8 Å². The summed E-state index contributed by atoms with van der Waals surface area (Å²) in [4.78, 5) is 0. The van der Waals surface area contributed by atoms with Gasteiger partial charge < -0.3 is 15.2 Å². The number of aliphatic hydroxyl groups is 1. The maximum Gasteiger partial charge on any atom is 0.0898 e. The molecule has 0 radical (unpaired) electrons. The molecule has 1 unspecified atom stereocenters. The summed E-state index contributed by atoms with van der Waals surface area (Å²) in [6.45, 7) is 3.13. The predicted octanol–water partition coefficient (Wildman–Crippen LogP) is 2.66. The molecule has 0 bridgehead atoms. The van der Waals surface area contributed by atoms with Gasteiger partial charge in [0.25, 0.3) is 0 Å². The van der Waals surface area contributed by atoms with Crippen molar-refractivity contribution < 1.29 is 9.84 Å². The topological polar surface area (TPSA) is 41.5 Å². The van der Waals surface area contributed by atoms with Gasteiger partial charge in [0.15, 0.2) is 0 Å². The molecule has 2 rings (SSSR count). The van der Waals surface area contributed by atoms with Crippen molar-refractivity contribution >= 4 is 0 Å². The summed E-state index contributed by atoms with van der Waals surface area (Å²) in [7, 11) is 0. The second-order valence-corrected chi connectivity index (χ2v) is 5.43. The fourth-order valence-electron chi connectivity index (χ4n) is 2.53. The fourth-order valence-corrected chi connectivity index (χ4v) is 2.53. The lowest BCUT2D eigenvalue weighted by Crippen LogP contribution is -2.33. The van der Waals surface area contributed by atoms with Crippen molar-refractivity contribution in [3.63, 3.8) is 0 Å². The molecule has 2 atom stereocenters. The van der Waals surface area contributed by atoms with Crippen molar-refractivity contribution in [1.29, 1.82) is 0 Å². The maximum atomic E-state index is 9.92. The van der Waals surface area contributed by atoms with Crippen LogP contribution in [-0.2, 0) is 4.74 Å². The predicted molar refractivity (Wildman–Crippen MR) is 77.1 cm³/mol. The minimum atomic E-state index is -0.424. The summed E-state index contributed by atoms with van der Waals surface area (Å²) in [6.07, 6.45) is 4.79. The van der Waals surface area contributed by atoms with E-state index in [1.807, 2.05) is 18.2 Å². The Balaban J connectivity index is 1.64. The Hall–Kier alpha value is -0.900. The Morgan fingerprint density at radius 3 is 2.63 bits per heavy atom. The zero-order chi connectivity index (χ0) is 13.5. The molecule has 1 aliphatic rings. The lowest BCUT2D eigenvalue weighted by atomic mass is 10.1. The van der Waals surface area contributed by atoms with Crippen LogP contribution in [-0.4, -0.2) is 30.5 Å². The quantitative estimate of drug-likeness (QED) is 0.794. The van der Waals surface area contributed by atoms with Crippen molar-refractivity contribution in [3.8, 4) is 0 Å². The third-order valence-electron chi connectivity index (χ3n) is 3.79. The Morgan fingerprint density at radius 2 is 1.95 bits per heavy atom. The maximum absolute atomic E-state index is 9.92. The molecule has 1 aromatic carbocycles. The third-order valence-corrected chi connectivity index (χ3v) is 3.79. The van der Waals surface area contributed by atoms with E-state index in [1.165, 1.54) is 18.4 Å². The highest BCUT2D eigenvalue weighted by Gasteiger charge is 2.17. The first-order valence-corrected chi connectivity index (χ1v) is 7.33. The number of rotatable bonds is 7. The average Bonchev–Trinajstić information content (AvgIpc) is 2.96. The van der Waals surface area contributed by atoms with Gasteiger partial charge in [0.2, 0.25) is 0 Å². The van der Waals surface area contributed by atoms with Crippen molar-refractivity contribution in [1.82, 2.24) is 5.32 Å². The highest BCUT2D eigenvalue weighted by molar-refractivity contribution is 5.17. The summed E-state index contributed by atoms with van der Waals surface area (Å²) in [5.41, 5.74) is 1.24. The van der Waals surface area contributed by atoms with Crippen LogP contribution in [0.15, 0.2) is 30.3 Å². The number of hydrogen-bond acceptors (Lipinski definition) is 3. The molecule has 19 heavy (non-hydrogen) atoms.